The standard InChI is InChI=1S/C13H9BrS/c1-8-13(14)11-6-9-4-2-3-5-10(9)7-12(11)15-8/h2-7H,1H3. The molecule has 74 valence electrons. The number of hydrogen-bond donors (Lipinski definition) is 0. The predicted molar refractivity (Wildman–Crippen MR) is 71.8 cm³/mol. The molecular weight excluding hydrogens is 268 g/mol. The van der Waals surface area contributed by atoms with Crippen LogP contribution in [-0.4, -0.2) is 0 Å². The number of halogens is 1. The monoisotopic (exact) mass is 276 g/mol. The number of fused-ring (bicyclic) bond motifs is 2. The van der Waals surface area contributed by atoms with Gasteiger partial charge in [-0.1, -0.05) is 24.3 Å². The number of thiophene rings is 1. The molecule has 0 aliphatic heterocycles. The van der Waals surface area contributed by atoms with Crippen LogP contribution in [0, 0.1) is 6.92 Å². The molecule has 2 heteroatoms. The van der Waals surface area contributed by atoms with Gasteiger partial charge in [0, 0.05) is 19.4 Å². The summed E-state index contributed by atoms with van der Waals surface area (Å²) in [5.41, 5.74) is 0. The van der Waals surface area contributed by atoms with Crippen LogP contribution in [0.25, 0.3) is 20.9 Å². The quantitative estimate of drug-likeness (QED) is 0.534. The van der Waals surface area contributed by atoms with E-state index in [1.54, 1.807) is 0 Å². The topological polar surface area (TPSA) is 0 Å². The Morgan fingerprint density at radius 2 is 1.73 bits per heavy atom. The van der Waals surface area contributed by atoms with Crippen molar-refractivity contribution in [1.29, 1.82) is 0 Å². The first-order chi connectivity index (χ1) is 7.25. The van der Waals surface area contributed by atoms with Crippen LogP contribution in [0.5, 0.6) is 0 Å². The Labute approximate surface area is 101 Å². The molecular formula is C13H9BrS. The maximum Gasteiger partial charge on any atom is 0.0390 e. The van der Waals surface area contributed by atoms with E-state index in [0.717, 1.165) is 0 Å². The Morgan fingerprint density at radius 1 is 1.07 bits per heavy atom. The summed E-state index contributed by atoms with van der Waals surface area (Å²) in [5.74, 6) is 0. The van der Waals surface area contributed by atoms with Gasteiger partial charge in [-0.05, 0) is 45.8 Å². The van der Waals surface area contributed by atoms with E-state index in [1.807, 2.05) is 11.3 Å². The Hall–Kier alpha value is -0.860. The summed E-state index contributed by atoms with van der Waals surface area (Å²) in [7, 11) is 0. The van der Waals surface area contributed by atoms with Crippen molar-refractivity contribution in [3.05, 3.63) is 45.7 Å². The Balaban J connectivity index is 2.53. The van der Waals surface area contributed by atoms with Crippen molar-refractivity contribution in [2.75, 3.05) is 0 Å². The van der Waals surface area contributed by atoms with E-state index in [2.05, 4.69) is 59.3 Å². The van der Waals surface area contributed by atoms with Gasteiger partial charge in [-0.3, -0.25) is 0 Å². The fourth-order valence-corrected chi connectivity index (χ4v) is 3.56. The minimum Gasteiger partial charge on any atom is -0.139 e. The highest BCUT2D eigenvalue weighted by Gasteiger charge is 2.06. The largest absolute Gasteiger partial charge is 0.139 e. The lowest BCUT2D eigenvalue weighted by atomic mass is 10.1. The maximum atomic E-state index is 3.65. The number of hydrogen-bond acceptors (Lipinski definition) is 1. The van der Waals surface area contributed by atoms with Crippen molar-refractivity contribution >= 4 is 48.1 Å². The van der Waals surface area contributed by atoms with E-state index in [0.29, 0.717) is 0 Å². The van der Waals surface area contributed by atoms with E-state index >= 15 is 0 Å². The zero-order valence-corrected chi connectivity index (χ0v) is 10.7. The summed E-state index contributed by atoms with van der Waals surface area (Å²) >= 11 is 5.49. The average molecular weight is 277 g/mol. The van der Waals surface area contributed by atoms with Crippen LogP contribution in [0.2, 0.25) is 0 Å². The fraction of sp³-hybridized carbons (Fsp3) is 0.0769. The smallest absolute Gasteiger partial charge is 0.0390 e. The summed E-state index contributed by atoms with van der Waals surface area (Å²) < 4.78 is 2.60. The van der Waals surface area contributed by atoms with Gasteiger partial charge in [-0.2, -0.15) is 0 Å². The van der Waals surface area contributed by atoms with Gasteiger partial charge in [-0.25, -0.2) is 0 Å². The molecule has 0 atom stereocenters. The molecule has 0 bridgehead atoms. The molecule has 0 amide bonds. The van der Waals surface area contributed by atoms with Gasteiger partial charge >= 0.3 is 0 Å². The number of rotatable bonds is 0. The second-order valence-corrected chi connectivity index (χ2v) is 5.72. The minimum absolute atomic E-state index is 1.24. The third-order valence-electron chi connectivity index (χ3n) is 2.66. The van der Waals surface area contributed by atoms with Crippen LogP contribution in [0.3, 0.4) is 0 Å². The molecule has 0 fully saturated rings. The van der Waals surface area contributed by atoms with Crippen molar-refractivity contribution in [3.63, 3.8) is 0 Å². The van der Waals surface area contributed by atoms with E-state index in [-0.39, 0.29) is 0 Å². The molecule has 0 aliphatic rings. The normalized spacial score (nSPS) is 11.3. The Morgan fingerprint density at radius 3 is 2.47 bits per heavy atom. The van der Waals surface area contributed by atoms with Crippen LogP contribution >= 0.6 is 27.3 Å². The SMILES string of the molecule is Cc1sc2cc3ccccc3cc2c1Br. The molecule has 0 spiro atoms. The summed E-state index contributed by atoms with van der Waals surface area (Å²) in [5, 5.41) is 3.96. The van der Waals surface area contributed by atoms with Gasteiger partial charge in [0.25, 0.3) is 0 Å². The van der Waals surface area contributed by atoms with Gasteiger partial charge in [-0.15, -0.1) is 11.3 Å². The minimum atomic E-state index is 1.24. The van der Waals surface area contributed by atoms with Crippen LogP contribution in [-0.2, 0) is 0 Å². The summed E-state index contributed by atoms with van der Waals surface area (Å²) in [4.78, 5) is 1.35. The third-order valence-corrected chi connectivity index (χ3v) is 5.01. The molecule has 0 nitrogen and oxygen atoms in total. The molecule has 1 heterocycles. The molecule has 1 aromatic heterocycles. The first-order valence-electron chi connectivity index (χ1n) is 4.83. The van der Waals surface area contributed by atoms with E-state index in [9.17, 15) is 0 Å². The number of aryl methyl sites for hydroxylation is 1. The highest BCUT2D eigenvalue weighted by atomic mass is 79.9. The molecule has 0 saturated carbocycles. The molecule has 2 aromatic carbocycles. The first-order valence-corrected chi connectivity index (χ1v) is 6.44. The molecule has 0 aliphatic carbocycles. The van der Waals surface area contributed by atoms with E-state index < -0.39 is 0 Å². The molecule has 3 rings (SSSR count). The van der Waals surface area contributed by atoms with Gasteiger partial charge in [0.2, 0.25) is 0 Å². The average Bonchev–Trinajstić information content (AvgIpc) is 2.52. The summed E-state index contributed by atoms with van der Waals surface area (Å²) in [6.07, 6.45) is 0. The zero-order chi connectivity index (χ0) is 10.4. The highest BCUT2D eigenvalue weighted by Crippen LogP contribution is 2.37. The van der Waals surface area contributed by atoms with Crippen LogP contribution < -0.4 is 0 Å². The molecule has 0 saturated heterocycles. The van der Waals surface area contributed by atoms with Gasteiger partial charge < -0.3 is 0 Å². The molecule has 0 unspecified atom stereocenters. The first kappa shape index (κ1) is 9.37. The van der Waals surface area contributed by atoms with Crippen molar-refractivity contribution in [1.82, 2.24) is 0 Å². The lowest BCUT2D eigenvalue weighted by Gasteiger charge is -1.97. The third kappa shape index (κ3) is 1.40. The van der Waals surface area contributed by atoms with Crippen LogP contribution in [0.4, 0.5) is 0 Å². The van der Waals surface area contributed by atoms with E-state index in [4.69, 9.17) is 0 Å². The van der Waals surface area contributed by atoms with Crippen LogP contribution in [0.1, 0.15) is 4.88 Å². The van der Waals surface area contributed by atoms with Crippen molar-refractivity contribution < 1.29 is 0 Å². The summed E-state index contributed by atoms with van der Waals surface area (Å²) in [6, 6.07) is 13.0. The summed E-state index contributed by atoms with van der Waals surface area (Å²) in [6.45, 7) is 2.15. The molecule has 3 aromatic rings. The Kier molecular flexibility index (Phi) is 2.08. The van der Waals surface area contributed by atoms with E-state index in [1.165, 1.54) is 30.2 Å². The maximum absolute atomic E-state index is 3.65. The van der Waals surface area contributed by atoms with Gasteiger partial charge in [0.1, 0.15) is 0 Å². The van der Waals surface area contributed by atoms with Crippen LogP contribution in [0.15, 0.2) is 40.9 Å². The zero-order valence-electron chi connectivity index (χ0n) is 8.25. The lowest BCUT2D eigenvalue weighted by Crippen LogP contribution is -1.71. The van der Waals surface area contributed by atoms with Crippen molar-refractivity contribution in [3.8, 4) is 0 Å². The second-order valence-electron chi connectivity index (χ2n) is 3.67. The Bertz CT molecular complexity index is 652. The lowest BCUT2D eigenvalue weighted by molar-refractivity contribution is 1.61. The molecule has 15 heavy (non-hydrogen) atoms. The highest BCUT2D eigenvalue weighted by molar-refractivity contribution is 9.10. The van der Waals surface area contributed by atoms with Crippen molar-refractivity contribution in [2.24, 2.45) is 0 Å². The predicted octanol–water partition coefficient (Wildman–Crippen LogP) is 5.13. The van der Waals surface area contributed by atoms with Gasteiger partial charge in [0.15, 0.2) is 0 Å². The van der Waals surface area contributed by atoms with Crippen molar-refractivity contribution in [2.45, 2.75) is 6.92 Å². The number of benzene rings is 2. The van der Waals surface area contributed by atoms with Gasteiger partial charge in [0.05, 0.1) is 0 Å². The molecule has 0 radical (unpaired) electrons. The fourth-order valence-electron chi connectivity index (χ4n) is 1.87. The molecule has 0 N–H and O–H groups in total. The second kappa shape index (κ2) is 3.32.